The zero-order valence-electron chi connectivity index (χ0n) is 14.9. The smallest absolute Gasteiger partial charge is 0.221 e. The van der Waals surface area contributed by atoms with E-state index in [0.717, 1.165) is 5.56 Å². The van der Waals surface area contributed by atoms with Gasteiger partial charge in [-0.2, -0.15) is 0 Å². The second-order valence-electron chi connectivity index (χ2n) is 6.25. The molecule has 0 saturated carbocycles. The molecule has 0 bridgehead atoms. The maximum atomic E-state index is 12.0. The molecule has 0 aromatic heterocycles. The van der Waals surface area contributed by atoms with Gasteiger partial charge in [0.05, 0.1) is 25.7 Å². The van der Waals surface area contributed by atoms with Crippen molar-refractivity contribution in [2.75, 3.05) is 39.3 Å². The Labute approximate surface area is 149 Å². The van der Waals surface area contributed by atoms with E-state index in [0.29, 0.717) is 37.4 Å². The molecule has 7 nitrogen and oxygen atoms in total. The Bertz CT molecular complexity index is 705. The highest BCUT2D eigenvalue weighted by Gasteiger charge is 2.30. The van der Waals surface area contributed by atoms with Gasteiger partial charge in [0.1, 0.15) is 0 Å². The summed E-state index contributed by atoms with van der Waals surface area (Å²) in [6.45, 7) is 0.943. The largest absolute Gasteiger partial charge is 0.493 e. The lowest BCUT2D eigenvalue weighted by molar-refractivity contribution is -0.121. The lowest BCUT2D eigenvalue weighted by Gasteiger charge is -2.22. The molecule has 8 heteroatoms. The van der Waals surface area contributed by atoms with Crippen molar-refractivity contribution < 1.29 is 22.7 Å². The number of ether oxygens (including phenoxy) is 2. The average molecular weight is 370 g/mol. The van der Waals surface area contributed by atoms with Crippen LogP contribution in [0.25, 0.3) is 0 Å². The fraction of sp³-hybridized carbons (Fsp3) is 0.588. The Hall–Kier alpha value is -1.80. The lowest BCUT2D eigenvalue weighted by atomic mass is 10.2. The Morgan fingerprint density at radius 1 is 1.28 bits per heavy atom. The number of amides is 1. The molecule has 1 fully saturated rings. The van der Waals surface area contributed by atoms with Crippen molar-refractivity contribution in [2.45, 2.75) is 25.4 Å². The molecule has 1 unspecified atom stereocenters. The average Bonchev–Trinajstić information content (AvgIpc) is 2.97. The molecular weight excluding hydrogens is 344 g/mol. The first-order valence-electron chi connectivity index (χ1n) is 8.23. The third kappa shape index (κ3) is 5.61. The molecule has 1 atom stereocenters. The van der Waals surface area contributed by atoms with Crippen LogP contribution in [0.3, 0.4) is 0 Å². The van der Waals surface area contributed by atoms with Gasteiger partial charge in [0.2, 0.25) is 5.91 Å². The van der Waals surface area contributed by atoms with Gasteiger partial charge in [-0.05, 0) is 31.2 Å². The van der Waals surface area contributed by atoms with Crippen molar-refractivity contribution in [1.82, 2.24) is 10.2 Å². The zero-order chi connectivity index (χ0) is 18.4. The second-order valence-corrected chi connectivity index (χ2v) is 8.48. The first kappa shape index (κ1) is 19.5. The summed E-state index contributed by atoms with van der Waals surface area (Å²) < 4.78 is 33.5. The molecular formula is C17H26N2O5S. The van der Waals surface area contributed by atoms with Gasteiger partial charge in [0.25, 0.3) is 0 Å². The number of hydrogen-bond donors (Lipinski definition) is 1. The minimum atomic E-state index is -2.90. The highest BCUT2D eigenvalue weighted by Crippen LogP contribution is 2.27. The van der Waals surface area contributed by atoms with Gasteiger partial charge in [-0.1, -0.05) is 6.07 Å². The zero-order valence-corrected chi connectivity index (χ0v) is 15.8. The van der Waals surface area contributed by atoms with Gasteiger partial charge in [-0.15, -0.1) is 0 Å². The van der Waals surface area contributed by atoms with Crippen LogP contribution in [0.15, 0.2) is 18.2 Å². The van der Waals surface area contributed by atoms with E-state index in [1.807, 2.05) is 24.1 Å². The Morgan fingerprint density at radius 2 is 2.00 bits per heavy atom. The predicted octanol–water partition coefficient (Wildman–Crippen LogP) is 0.829. The van der Waals surface area contributed by atoms with Crippen molar-refractivity contribution in [2.24, 2.45) is 0 Å². The molecule has 0 radical (unpaired) electrons. The lowest BCUT2D eigenvalue weighted by Crippen LogP contribution is -2.36. The van der Waals surface area contributed by atoms with Gasteiger partial charge in [0, 0.05) is 25.6 Å². The number of carbonyl (C=O) groups excluding carboxylic acids is 1. The van der Waals surface area contributed by atoms with Crippen LogP contribution in [0, 0.1) is 0 Å². The SMILES string of the molecule is COc1ccc(CNC(=O)CCN(C)C2CCS(=O)(=O)C2)cc1OC. The molecule has 140 valence electrons. The fourth-order valence-corrected chi connectivity index (χ4v) is 4.67. The van der Waals surface area contributed by atoms with Crippen LogP contribution in [0.4, 0.5) is 0 Å². The topological polar surface area (TPSA) is 84.9 Å². The molecule has 1 aromatic rings. The van der Waals surface area contributed by atoms with Crippen molar-refractivity contribution in [1.29, 1.82) is 0 Å². The maximum Gasteiger partial charge on any atom is 0.221 e. The predicted molar refractivity (Wildman–Crippen MR) is 95.7 cm³/mol. The quantitative estimate of drug-likeness (QED) is 0.730. The van der Waals surface area contributed by atoms with Gasteiger partial charge in [-0.3, -0.25) is 4.79 Å². The van der Waals surface area contributed by atoms with E-state index in [9.17, 15) is 13.2 Å². The van der Waals surface area contributed by atoms with Crippen LogP contribution in [0.5, 0.6) is 11.5 Å². The molecule has 1 aromatic carbocycles. The highest BCUT2D eigenvalue weighted by atomic mass is 32.2. The van der Waals surface area contributed by atoms with Crippen LogP contribution in [0.1, 0.15) is 18.4 Å². The minimum Gasteiger partial charge on any atom is -0.493 e. The van der Waals surface area contributed by atoms with Crippen LogP contribution in [-0.4, -0.2) is 64.6 Å². The number of benzene rings is 1. The van der Waals surface area contributed by atoms with E-state index in [-0.39, 0.29) is 23.5 Å². The van der Waals surface area contributed by atoms with Crippen LogP contribution < -0.4 is 14.8 Å². The highest BCUT2D eigenvalue weighted by molar-refractivity contribution is 7.91. The van der Waals surface area contributed by atoms with Crippen LogP contribution >= 0.6 is 0 Å². The Morgan fingerprint density at radius 3 is 2.60 bits per heavy atom. The van der Waals surface area contributed by atoms with Gasteiger partial charge in [0.15, 0.2) is 21.3 Å². The summed E-state index contributed by atoms with van der Waals surface area (Å²) in [5.41, 5.74) is 0.918. The summed E-state index contributed by atoms with van der Waals surface area (Å²) in [6, 6.07) is 5.52. The van der Waals surface area contributed by atoms with Crippen LogP contribution in [0.2, 0.25) is 0 Å². The number of hydrogen-bond acceptors (Lipinski definition) is 6. The summed E-state index contributed by atoms with van der Waals surface area (Å²) in [6.07, 6.45) is 0.979. The number of sulfone groups is 1. The van der Waals surface area contributed by atoms with E-state index in [1.54, 1.807) is 20.3 Å². The third-order valence-electron chi connectivity index (χ3n) is 4.46. The third-order valence-corrected chi connectivity index (χ3v) is 6.21. The molecule has 1 heterocycles. The van der Waals surface area contributed by atoms with E-state index in [2.05, 4.69) is 5.32 Å². The minimum absolute atomic E-state index is 0.0173. The molecule has 1 saturated heterocycles. The van der Waals surface area contributed by atoms with Crippen molar-refractivity contribution in [3.05, 3.63) is 23.8 Å². The first-order chi connectivity index (χ1) is 11.8. The molecule has 1 aliphatic rings. The molecule has 1 N–H and O–H groups in total. The number of rotatable bonds is 8. The van der Waals surface area contributed by atoms with E-state index in [4.69, 9.17) is 9.47 Å². The number of nitrogens with one attached hydrogen (secondary N) is 1. The van der Waals surface area contributed by atoms with Gasteiger partial charge < -0.3 is 19.7 Å². The van der Waals surface area contributed by atoms with Gasteiger partial charge in [-0.25, -0.2) is 8.42 Å². The van der Waals surface area contributed by atoms with Crippen molar-refractivity contribution in [3.8, 4) is 11.5 Å². The molecule has 1 aliphatic heterocycles. The number of methoxy groups -OCH3 is 2. The summed E-state index contributed by atoms with van der Waals surface area (Å²) in [5, 5.41) is 2.87. The van der Waals surface area contributed by atoms with Crippen molar-refractivity contribution in [3.63, 3.8) is 0 Å². The number of carbonyl (C=O) groups is 1. The maximum absolute atomic E-state index is 12.0. The Kier molecular flexibility index (Phi) is 6.66. The number of nitrogens with zero attached hydrogens (tertiary/aromatic N) is 1. The standard InChI is InChI=1S/C17H26N2O5S/c1-19(14-7-9-25(21,22)12-14)8-6-17(20)18-11-13-4-5-15(23-2)16(10-13)24-3/h4-5,10,14H,6-9,11-12H2,1-3H3,(H,18,20). The molecule has 0 spiro atoms. The molecule has 1 amide bonds. The first-order valence-corrected chi connectivity index (χ1v) is 10.0. The van der Waals surface area contributed by atoms with E-state index < -0.39 is 9.84 Å². The fourth-order valence-electron chi connectivity index (χ4n) is 2.86. The molecule has 2 rings (SSSR count). The Balaban J connectivity index is 1.77. The summed E-state index contributed by atoms with van der Waals surface area (Å²) in [4.78, 5) is 14.0. The monoisotopic (exact) mass is 370 g/mol. The van der Waals surface area contributed by atoms with E-state index >= 15 is 0 Å². The molecule has 0 aliphatic carbocycles. The molecule has 25 heavy (non-hydrogen) atoms. The van der Waals surface area contributed by atoms with E-state index in [1.165, 1.54) is 0 Å². The van der Waals surface area contributed by atoms with Gasteiger partial charge >= 0.3 is 0 Å². The normalized spacial score (nSPS) is 19.0. The second kappa shape index (κ2) is 8.53. The van der Waals surface area contributed by atoms with Crippen LogP contribution in [-0.2, 0) is 21.2 Å². The summed E-state index contributed by atoms with van der Waals surface area (Å²) in [7, 11) is 2.11. The summed E-state index contributed by atoms with van der Waals surface area (Å²) >= 11 is 0. The summed E-state index contributed by atoms with van der Waals surface area (Å²) in [5.74, 6) is 1.63. The van der Waals surface area contributed by atoms with Crippen molar-refractivity contribution >= 4 is 15.7 Å².